The van der Waals surface area contributed by atoms with Crippen LogP contribution < -0.4 is 0 Å². The third-order valence-corrected chi connectivity index (χ3v) is 5.06. The Morgan fingerprint density at radius 2 is 1.59 bits per heavy atom. The second kappa shape index (κ2) is 13.1. The molecule has 5 nitrogen and oxygen atoms in total. The summed E-state index contributed by atoms with van der Waals surface area (Å²) in [5.41, 5.74) is 3.75. The number of carbonyl (C=O) groups is 1. The summed E-state index contributed by atoms with van der Waals surface area (Å²) in [6.07, 6.45) is 0. The van der Waals surface area contributed by atoms with Crippen LogP contribution in [0.3, 0.4) is 0 Å². The number of carboxylic acids is 1. The molecule has 0 unspecified atom stereocenters. The lowest BCUT2D eigenvalue weighted by atomic mass is 9.99. The van der Waals surface area contributed by atoms with Crippen molar-refractivity contribution in [1.29, 1.82) is 0 Å². The van der Waals surface area contributed by atoms with Crippen LogP contribution in [0.2, 0.25) is 5.02 Å². The minimum atomic E-state index is -0.917. The summed E-state index contributed by atoms with van der Waals surface area (Å²) >= 11 is 6.02. The summed E-state index contributed by atoms with van der Waals surface area (Å²) < 4.78 is 5.13. The summed E-state index contributed by atoms with van der Waals surface area (Å²) in [7, 11) is 0. The first-order valence-electron chi connectivity index (χ1n) is 9.20. The fourth-order valence-corrected chi connectivity index (χ4v) is 3.46. The van der Waals surface area contributed by atoms with Crippen molar-refractivity contribution in [3.63, 3.8) is 0 Å². The Balaban J connectivity index is 0.00000210. The van der Waals surface area contributed by atoms with Crippen molar-refractivity contribution in [1.82, 2.24) is 9.80 Å². The molecule has 1 heterocycles. The third kappa shape index (κ3) is 8.13. The zero-order chi connectivity index (χ0) is 19.1. The molecule has 1 aliphatic heterocycles. The van der Waals surface area contributed by atoms with Crippen LogP contribution in [0.1, 0.15) is 5.56 Å². The highest BCUT2D eigenvalue weighted by Gasteiger charge is 2.18. The zero-order valence-corrected chi connectivity index (χ0v) is 18.5. The molecule has 0 spiro atoms. The van der Waals surface area contributed by atoms with Gasteiger partial charge in [-0.1, -0.05) is 48.0 Å². The van der Waals surface area contributed by atoms with Gasteiger partial charge in [0.2, 0.25) is 0 Å². The molecule has 0 radical (unpaired) electrons. The summed E-state index contributed by atoms with van der Waals surface area (Å²) in [6, 6.07) is 16.5. The number of hydrogen-bond donors (Lipinski definition) is 1. The molecular weight excluding hydrogens is 435 g/mol. The van der Waals surface area contributed by atoms with Gasteiger partial charge in [0.15, 0.2) is 0 Å². The molecule has 8 heteroatoms. The number of halogens is 3. The molecule has 3 rings (SSSR count). The van der Waals surface area contributed by atoms with E-state index in [0.717, 1.165) is 44.3 Å². The van der Waals surface area contributed by atoms with Gasteiger partial charge >= 0.3 is 5.97 Å². The van der Waals surface area contributed by atoms with Gasteiger partial charge in [0.1, 0.15) is 6.61 Å². The molecule has 0 amide bonds. The van der Waals surface area contributed by atoms with Crippen LogP contribution in [0.5, 0.6) is 0 Å². The van der Waals surface area contributed by atoms with Crippen LogP contribution in [0.15, 0.2) is 48.5 Å². The molecule has 1 fully saturated rings. The Hall–Kier alpha value is -1.34. The zero-order valence-electron chi connectivity index (χ0n) is 16.1. The highest BCUT2D eigenvalue weighted by molar-refractivity contribution is 6.30. The number of rotatable bonds is 8. The summed E-state index contributed by atoms with van der Waals surface area (Å²) in [5, 5.41) is 9.34. The second-order valence-electron chi connectivity index (χ2n) is 6.73. The van der Waals surface area contributed by atoms with Crippen LogP contribution in [-0.2, 0) is 16.1 Å². The Labute approximate surface area is 189 Å². The molecule has 2 aromatic carbocycles. The standard InChI is InChI=1S/C21H25ClN2O3.2ClH/c22-19-7-5-17(6-8-19)20-4-2-1-3-18(20)15-24-11-9-23(10-12-24)13-14-27-16-21(25)26;;/h1-8H,9-16H2,(H,25,26);2*1H. The molecule has 0 aromatic heterocycles. The quantitative estimate of drug-likeness (QED) is 0.601. The average molecular weight is 462 g/mol. The van der Waals surface area contributed by atoms with E-state index in [9.17, 15) is 4.79 Å². The van der Waals surface area contributed by atoms with E-state index in [4.69, 9.17) is 21.4 Å². The van der Waals surface area contributed by atoms with E-state index >= 15 is 0 Å². The van der Waals surface area contributed by atoms with Gasteiger partial charge in [-0.2, -0.15) is 0 Å². The molecule has 0 atom stereocenters. The van der Waals surface area contributed by atoms with Crippen molar-refractivity contribution in [2.45, 2.75) is 6.54 Å². The van der Waals surface area contributed by atoms with Crippen molar-refractivity contribution in [2.24, 2.45) is 0 Å². The van der Waals surface area contributed by atoms with E-state index in [0.29, 0.717) is 6.61 Å². The maximum atomic E-state index is 10.5. The molecule has 0 aliphatic carbocycles. The highest BCUT2D eigenvalue weighted by atomic mass is 35.5. The third-order valence-electron chi connectivity index (χ3n) is 4.81. The molecular formula is C21H27Cl3N2O3. The van der Waals surface area contributed by atoms with Crippen LogP contribution in [0.25, 0.3) is 11.1 Å². The van der Waals surface area contributed by atoms with E-state index in [-0.39, 0.29) is 31.4 Å². The van der Waals surface area contributed by atoms with E-state index in [1.165, 1.54) is 16.7 Å². The first-order chi connectivity index (χ1) is 13.1. The summed E-state index contributed by atoms with van der Waals surface area (Å²) in [4.78, 5) is 15.2. The van der Waals surface area contributed by atoms with Gasteiger partial charge in [-0.15, -0.1) is 24.8 Å². The minimum absolute atomic E-state index is 0. The average Bonchev–Trinajstić information content (AvgIpc) is 2.68. The number of piperazine rings is 1. The topological polar surface area (TPSA) is 53.0 Å². The Morgan fingerprint density at radius 3 is 2.24 bits per heavy atom. The molecule has 1 saturated heterocycles. The van der Waals surface area contributed by atoms with Crippen molar-refractivity contribution < 1.29 is 14.6 Å². The van der Waals surface area contributed by atoms with Crippen molar-refractivity contribution in [2.75, 3.05) is 45.9 Å². The Kier molecular flexibility index (Phi) is 11.6. The maximum absolute atomic E-state index is 10.5. The number of nitrogens with zero attached hydrogens (tertiary/aromatic N) is 2. The lowest BCUT2D eigenvalue weighted by Gasteiger charge is -2.35. The summed E-state index contributed by atoms with van der Waals surface area (Å²) in [6.45, 7) is 5.87. The predicted molar refractivity (Wildman–Crippen MR) is 122 cm³/mol. The van der Waals surface area contributed by atoms with Gasteiger partial charge in [0, 0.05) is 44.3 Å². The van der Waals surface area contributed by atoms with Crippen LogP contribution >= 0.6 is 36.4 Å². The maximum Gasteiger partial charge on any atom is 0.329 e. The largest absolute Gasteiger partial charge is 0.480 e. The fraction of sp³-hybridized carbons (Fsp3) is 0.381. The van der Waals surface area contributed by atoms with Crippen LogP contribution in [0, 0.1) is 0 Å². The first kappa shape index (κ1) is 25.7. The van der Waals surface area contributed by atoms with E-state index in [1.807, 2.05) is 12.1 Å². The van der Waals surface area contributed by atoms with Gasteiger partial charge in [-0.3, -0.25) is 9.80 Å². The van der Waals surface area contributed by atoms with Gasteiger partial charge in [-0.25, -0.2) is 4.79 Å². The smallest absolute Gasteiger partial charge is 0.329 e. The molecule has 1 N–H and O–H groups in total. The van der Waals surface area contributed by atoms with Crippen LogP contribution in [-0.4, -0.2) is 66.8 Å². The van der Waals surface area contributed by atoms with Crippen molar-refractivity contribution in [3.8, 4) is 11.1 Å². The van der Waals surface area contributed by atoms with Gasteiger partial charge in [0.05, 0.1) is 6.61 Å². The number of hydrogen-bond acceptors (Lipinski definition) is 4. The van der Waals surface area contributed by atoms with Gasteiger partial charge in [-0.05, 0) is 28.8 Å². The van der Waals surface area contributed by atoms with Crippen molar-refractivity contribution in [3.05, 3.63) is 59.1 Å². The van der Waals surface area contributed by atoms with Crippen LogP contribution in [0.4, 0.5) is 0 Å². The first-order valence-corrected chi connectivity index (χ1v) is 9.58. The van der Waals surface area contributed by atoms with E-state index in [2.05, 4.69) is 46.2 Å². The highest BCUT2D eigenvalue weighted by Crippen LogP contribution is 2.26. The van der Waals surface area contributed by atoms with E-state index in [1.54, 1.807) is 0 Å². The Bertz CT molecular complexity index is 751. The number of aliphatic carboxylic acids is 1. The minimum Gasteiger partial charge on any atom is -0.480 e. The SMILES string of the molecule is Cl.Cl.O=C(O)COCCN1CCN(Cc2ccccc2-c2ccc(Cl)cc2)CC1. The Morgan fingerprint density at radius 1 is 0.966 bits per heavy atom. The molecule has 29 heavy (non-hydrogen) atoms. The molecule has 0 bridgehead atoms. The van der Waals surface area contributed by atoms with Gasteiger partial charge < -0.3 is 9.84 Å². The number of carboxylic acid groups (broad SMARTS) is 1. The van der Waals surface area contributed by atoms with E-state index < -0.39 is 5.97 Å². The second-order valence-corrected chi connectivity index (χ2v) is 7.16. The molecule has 1 aliphatic rings. The number of benzene rings is 2. The lowest BCUT2D eigenvalue weighted by molar-refractivity contribution is -0.142. The fourth-order valence-electron chi connectivity index (χ4n) is 3.33. The van der Waals surface area contributed by atoms with Gasteiger partial charge in [0.25, 0.3) is 0 Å². The lowest BCUT2D eigenvalue weighted by Crippen LogP contribution is -2.46. The normalized spacial score (nSPS) is 14.7. The monoisotopic (exact) mass is 460 g/mol. The number of ether oxygens (including phenoxy) is 1. The molecule has 2 aromatic rings. The summed E-state index contributed by atoms with van der Waals surface area (Å²) in [5.74, 6) is -0.917. The van der Waals surface area contributed by atoms with Crippen molar-refractivity contribution >= 4 is 42.4 Å². The molecule has 160 valence electrons. The predicted octanol–water partition coefficient (Wildman–Crippen LogP) is 4.07. The molecule has 0 saturated carbocycles.